The average molecular weight is 235 g/mol. The van der Waals surface area contributed by atoms with E-state index >= 15 is 0 Å². The first-order chi connectivity index (χ1) is 7.89. The van der Waals surface area contributed by atoms with E-state index in [1.165, 1.54) is 11.1 Å². The van der Waals surface area contributed by atoms with Gasteiger partial charge < -0.3 is 10.4 Å². The molecule has 0 aliphatic heterocycles. The maximum atomic E-state index is 10.7. The number of aryl methyl sites for hydroxylation is 1. The van der Waals surface area contributed by atoms with Crippen molar-refractivity contribution in [2.45, 2.75) is 33.7 Å². The Morgan fingerprint density at radius 1 is 1.29 bits per heavy atom. The molecule has 0 bridgehead atoms. The minimum absolute atomic E-state index is 0.188. The predicted molar refractivity (Wildman–Crippen MR) is 68.9 cm³/mol. The third-order valence-corrected chi connectivity index (χ3v) is 2.68. The third-order valence-electron chi connectivity index (χ3n) is 2.68. The Morgan fingerprint density at radius 3 is 2.41 bits per heavy atom. The zero-order valence-corrected chi connectivity index (χ0v) is 10.8. The van der Waals surface area contributed by atoms with Crippen molar-refractivity contribution in [3.63, 3.8) is 0 Å². The number of nitrogens with one attached hydrogen (secondary N) is 1. The van der Waals surface area contributed by atoms with E-state index in [-0.39, 0.29) is 11.8 Å². The minimum atomic E-state index is -0.743. The minimum Gasteiger partial charge on any atom is -0.481 e. The molecule has 0 saturated carbocycles. The van der Waals surface area contributed by atoms with Gasteiger partial charge in [0, 0.05) is 13.1 Å². The molecule has 94 valence electrons. The maximum absolute atomic E-state index is 10.7. The molecule has 0 aromatic heterocycles. The first kappa shape index (κ1) is 13.7. The van der Waals surface area contributed by atoms with Gasteiger partial charge in [0.25, 0.3) is 0 Å². The largest absolute Gasteiger partial charge is 0.481 e. The molecule has 0 heterocycles. The van der Waals surface area contributed by atoms with Crippen LogP contribution < -0.4 is 5.32 Å². The van der Waals surface area contributed by atoms with Gasteiger partial charge in [0.05, 0.1) is 6.42 Å². The van der Waals surface area contributed by atoms with E-state index in [0.29, 0.717) is 6.54 Å². The highest BCUT2D eigenvalue weighted by molar-refractivity contribution is 5.67. The Balaban J connectivity index is 2.37. The van der Waals surface area contributed by atoms with Crippen molar-refractivity contribution in [3.05, 3.63) is 35.4 Å². The second-order valence-corrected chi connectivity index (χ2v) is 5.32. The lowest BCUT2D eigenvalue weighted by Gasteiger charge is -2.22. The number of benzene rings is 1. The highest BCUT2D eigenvalue weighted by Crippen LogP contribution is 2.18. The number of carboxylic acids is 1. The molecule has 1 aromatic carbocycles. The normalized spacial score (nSPS) is 11.5. The summed E-state index contributed by atoms with van der Waals surface area (Å²) in [7, 11) is 0. The standard InChI is InChI=1S/C14H21NO2/c1-11-4-6-12(7-5-11)9-15-10-14(2,3)8-13(16)17/h4-7,15H,8-10H2,1-3H3,(H,16,17). The summed E-state index contributed by atoms with van der Waals surface area (Å²) in [6.07, 6.45) is 0.188. The van der Waals surface area contributed by atoms with Crippen LogP contribution in [0.4, 0.5) is 0 Å². The topological polar surface area (TPSA) is 49.3 Å². The fourth-order valence-corrected chi connectivity index (χ4v) is 1.72. The monoisotopic (exact) mass is 235 g/mol. The van der Waals surface area contributed by atoms with Gasteiger partial charge in [-0.05, 0) is 17.9 Å². The third kappa shape index (κ3) is 5.50. The fraction of sp³-hybridized carbons (Fsp3) is 0.500. The zero-order valence-electron chi connectivity index (χ0n) is 10.8. The molecular formula is C14H21NO2. The maximum Gasteiger partial charge on any atom is 0.303 e. The van der Waals surface area contributed by atoms with Gasteiger partial charge in [0.1, 0.15) is 0 Å². The van der Waals surface area contributed by atoms with Gasteiger partial charge in [-0.1, -0.05) is 43.7 Å². The van der Waals surface area contributed by atoms with Crippen LogP contribution in [0.1, 0.15) is 31.4 Å². The molecule has 2 N–H and O–H groups in total. The first-order valence-electron chi connectivity index (χ1n) is 5.87. The van der Waals surface area contributed by atoms with Crippen LogP contribution in [-0.4, -0.2) is 17.6 Å². The molecule has 0 radical (unpaired) electrons. The van der Waals surface area contributed by atoms with Crippen LogP contribution in [0.5, 0.6) is 0 Å². The lowest BCUT2D eigenvalue weighted by molar-refractivity contribution is -0.139. The van der Waals surface area contributed by atoms with Crippen molar-refractivity contribution in [1.29, 1.82) is 0 Å². The van der Waals surface area contributed by atoms with Gasteiger partial charge in [0.15, 0.2) is 0 Å². The second-order valence-electron chi connectivity index (χ2n) is 5.32. The van der Waals surface area contributed by atoms with Gasteiger partial charge in [-0.15, -0.1) is 0 Å². The Morgan fingerprint density at radius 2 is 1.88 bits per heavy atom. The molecule has 3 heteroatoms. The number of rotatable bonds is 6. The Kier molecular flexibility index (Phi) is 4.70. The first-order valence-corrected chi connectivity index (χ1v) is 5.87. The van der Waals surface area contributed by atoms with Crippen molar-refractivity contribution in [2.24, 2.45) is 5.41 Å². The van der Waals surface area contributed by atoms with Crippen molar-refractivity contribution in [3.8, 4) is 0 Å². The molecule has 0 aliphatic rings. The van der Waals surface area contributed by atoms with E-state index in [1.54, 1.807) is 0 Å². The molecule has 1 rings (SSSR count). The van der Waals surface area contributed by atoms with E-state index in [9.17, 15) is 4.79 Å². The highest BCUT2D eigenvalue weighted by Gasteiger charge is 2.20. The van der Waals surface area contributed by atoms with E-state index < -0.39 is 5.97 Å². The quantitative estimate of drug-likeness (QED) is 0.796. The number of hydrogen-bond acceptors (Lipinski definition) is 2. The van der Waals surface area contributed by atoms with E-state index in [4.69, 9.17) is 5.11 Å². The molecule has 0 fully saturated rings. The predicted octanol–water partition coefficient (Wildman–Crippen LogP) is 2.59. The lowest BCUT2D eigenvalue weighted by Crippen LogP contribution is -2.31. The average Bonchev–Trinajstić information content (AvgIpc) is 2.18. The summed E-state index contributed by atoms with van der Waals surface area (Å²) in [6, 6.07) is 8.35. The summed E-state index contributed by atoms with van der Waals surface area (Å²) in [4.78, 5) is 10.7. The summed E-state index contributed by atoms with van der Waals surface area (Å²) in [5.74, 6) is -0.743. The van der Waals surface area contributed by atoms with E-state index in [2.05, 4.69) is 36.5 Å². The summed E-state index contributed by atoms with van der Waals surface area (Å²) >= 11 is 0. The number of carboxylic acid groups (broad SMARTS) is 1. The van der Waals surface area contributed by atoms with Gasteiger partial charge in [-0.25, -0.2) is 0 Å². The van der Waals surface area contributed by atoms with Crippen LogP contribution in [0.25, 0.3) is 0 Å². The molecule has 17 heavy (non-hydrogen) atoms. The summed E-state index contributed by atoms with van der Waals surface area (Å²) < 4.78 is 0. The van der Waals surface area contributed by atoms with E-state index in [0.717, 1.165) is 6.54 Å². The summed E-state index contributed by atoms with van der Waals surface area (Å²) in [6.45, 7) is 7.47. The molecule has 0 unspecified atom stereocenters. The SMILES string of the molecule is Cc1ccc(CNCC(C)(C)CC(=O)O)cc1. The Labute approximate surface area is 103 Å². The van der Waals surface area contributed by atoms with Crippen molar-refractivity contribution >= 4 is 5.97 Å². The molecule has 1 aromatic rings. The van der Waals surface area contributed by atoms with Gasteiger partial charge in [0.2, 0.25) is 0 Å². The Hall–Kier alpha value is -1.35. The van der Waals surface area contributed by atoms with Crippen LogP contribution in [0.2, 0.25) is 0 Å². The fourth-order valence-electron chi connectivity index (χ4n) is 1.72. The van der Waals surface area contributed by atoms with Crippen LogP contribution in [0.15, 0.2) is 24.3 Å². The van der Waals surface area contributed by atoms with Gasteiger partial charge >= 0.3 is 5.97 Å². The summed E-state index contributed by atoms with van der Waals surface area (Å²) in [5.41, 5.74) is 2.26. The van der Waals surface area contributed by atoms with Crippen LogP contribution in [-0.2, 0) is 11.3 Å². The smallest absolute Gasteiger partial charge is 0.303 e. The summed E-state index contributed by atoms with van der Waals surface area (Å²) in [5, 5.41) is 12.1. The lowest BCUT2D eigenvalue weighted by atomic mass is 9.89. The van der Waals surface area contributed by atoms with Crippen LogP contribution >= 0.6 is 0 Å². The number of hydrogen-bond donors (Lipinski definition) is 2. The molecule has 0 spiro atoms. The van der Waals surface area contributed by atoms with Crippen molar-refractivity contribution in [1.82, 2.24) is 5.32 Å². The number of carbonyl (C=O) groups is 1. The van der Waals surface area contributed by atoms with Crippen molar-refractivity contribution in [2.75, 3.05) is 6.54 Å². The molecule has 0 saturated heterocycles. The molecule has 0 atom stereocenters. The number of aliphatic carboxylic acids is 1. The Bertz CT molecular complexity index is 368. The molecule has 0 amide bonds. The van der Waals surface area contributed by atoms with Crippen molar-refractivity contribution < 1.29 is 9.90 Å². The van der Waals surface area contributed by atoms with Gasteiger partial charge in [-0.3, -0.25) is 4.79 Å². The molecule has 0 aliphatic carbocycles. The van der Waals surface area contributed by atoms with Gasteiger partial charge in [-0.2, -0.15) is 0 Å². The van der Waals surface area contributed by atoms with Crippen LogP contribution in [0, 0.1) is 12.3 Å². The zero-order chi connectivity index (χ0) is 12.9. The molecule has 3 nitrogen and oxygen atoms in total. The second kappa shape index (κ2) is 5.82. The van der Waals surface area contributed by atoms with Crippen LogP contribution in [0.3, 0.4) is 0 Å². The molecular weight excluding hydrogens is 214 g/mol. The van der Waals surface area contributed by atoms with E-state index in [1.807, 2.05) is 13.8 Å². The highest BCUT2D eigenvalue weighted by atomic mass is 16.4.